The number of carboxylic acids is 1. The lowest BCUT2D eigenvalue weighted by Crippen LogP contribution is -2.17. The summed E-state index contributed by atoms with van der Waals surface area (Å²) in [4.78, 5) is 15.3. The molecule has 0 saturated carbocycles. The molecule has 19 heavy (non-hydrogen) atoms. The quantitative estimate of drug-likeness (QED) is 0.918. The molecule has 1 aromatic carbocycles. The summed E-state index contributed by atoms with van der Waals surface area (Å²) in [6.45, 7) is -0.253. The summed E-state index contributed by atoms with van der Waals surface area (Å²) in [5.74, 6) is -0.930. The van der Waals surface area contributed by atoms with Crippen molar-refractivity contribution in [3.8, 4) is 0 Å². The molecule has 0 amide bonds. The zero-order valence-electron chi connectivity index (χ0n) is 10.5. The molecule has 0 bridgehead atoms. The second-order valence-corrected chi connectivity index (χ2v) is 4.80. The fraction of sp³-hybridized carbons (Fsp3) is 0.333. The normalized spacial score (nSPS) is 18.2. The predicted molar refractivity (Wildman–Crippen MR) is 71.0 cm³/mol. The van der Waals surface area contributed by atoms with Crippen LogP contribution in [0.4, 0.5) is 0 Å². The number of pyridine rings is 1. The highest BCUT2D eigenvalue weighted by molar-refractivity contribution is 5.79. The number of carboxylic acid groups (broad SMARTS) is 1. The summed E-state index contributed by atoms with van der Waals surface area (Å²) in [6.07, 6.45) is 2.65. The first-order valence-corrected chi connectivity index (χ1v) is 6.46. The molecule has 0 radical (unpaired) electrons. The lowest BCUT2D eigenvalue weighted by molar-refractivity contribution is -0.144. The minimum absolute atomic E-state index is 0.142. The fourth-order valence-electron chi connectivity index (χ4n) is 2.61. The number of carbonyl (C=O) groups is 1. The van der Waals surface area contributed by atoms with Gasteiger partial charge >= 0.3 is 5.97 Å². The predicted octanol–water partition coefficient (Wildman–Crippen LogP) is 2.71. The first-order valence-electron chi connectivity index (χ1n) is 6.46. The van der Waals surface area contributed by atoms with Crippen LogP contribution in [0, 0.1) is 0 Å². The third kappa shape index (κ3) is 2.44. The van der Waals surface area contributed by atoms with Gasteiger partial charge in [0.2, 0.25) is 0 Å². The van der Waals surface area contributed by atoms with Crippen LogP contribution in [0.2, 0.25) is 0 Å². The van der Waals surface area contributed by atoms with Crippen molar-refractivity contribution in [2.75, 3.05) is 6.61 Å². The SMILES string of the molecule is O=C(O)COC1CCCc2nc3ccccc3cc21. The number of para-hydroxylation sites is 1. The maximum atomic E-state index is 10.6. The van der Waals surface area contributed by atoms with Crippen LogP contribution in [0.15, 0.2) is 30.3 Å². The summed E-state index contributed by atoms with van der Waals surface area (Å²) >= 11 is 0. The molecule has 1 heterocycles. The van der Waals surface area contributed by atoms with Gasteiger partial charge in [-0.1, -0.05) is 18.2 Å². The third-order valence-corrected chi connectivity index (χ3v) is 3.47. The molecule has 2 aromatic rings. The van der Waals surface area contributed by atoms with Gasteiger partial charge < -0.3 is 9.84 Å². The molecular weight excluding hydrogens is 242 g/mol. The Balaban J connectivity index is 1.98. The van der Waals surface area contributed by atoms with Gasteiger partial charge in [-0.15, -0.1) is 0 Å². The van der Waals surface area contributed by atoms with Gasteiger partial charge in [-0.25, -0.2) is 4.79 Å². The monoisotopic (exact) mass is 257 g/mol. The van der Waals surface area contributed by atoms with Crippen molar-refractivity contribution in [2.24, 2.45) is 0 Å². The molecule has 0 saturated heterocycles. The Bertz CT molecular complexity index is 624. The molecule has 3 rings (SSSR count). The van der Waals surface area contributed by atoms with E-state index in [0.717, 1.165) is 41.4 Å². The molecular formula is C15H15NO3. The van der Waals surface area contributed by atoms with E-state index in [1.807, 2.05) is 24.3 Å². The van der Waals surface area contributed by atoms with Gasteiger partial charge in [0, 0.05) is 16.6 Å². The highest BCUT2D eigenvalue weighted by Crippen LogP contribution is 2.33. The number of nitrogens with zero attached hydrogens (tertiary/aromatic N) is 1. The van der Waals surface area contributed by atoms with Gasteiger partial charge in [0.05, 0.1) is 11.6 Å². The summed E-state index contributed by atoms with van der Waals surface area (Å²) in [7, 11) is 0. The van der Waals surface area contributed by atoms with Crippen LogP contribution < -0.4 is 0 Å². The van der Waals surface area contributed by atoms with Crippen molar-refractivity contribution < 1.29 is 14.6 Å². The van der Waals surface area contributed by atoms with E-state index in [0.29, 0.717) is 0 Å². The fourth-order valence-corrected chi connectivity index (χ4v) is 2.61. The Morgan fingerprint density at radius 2 is 2.26 bits per heavy atom. The largest absolute Gasteiger partial charge is 0.480 e. The molecule has 1 unspecified atom stereocenters. The Morgan fingerprint density at radius 1 is 1.42 bits per heavy atom. The van der Waals surface area contributed by atoms with Gasteiger partial charge in [0.25, 0.3) is 0 Å². The zero-order valence-corrected chi connectivity index (χ0v) is 10.5. The summed E-state index contributed by atoms with van der Waals surface area (Å²) in [6, 6.07) is 10.1. The number of hydrogen-bond acceptors (Lipinski definition) is 3. The van der Waals surface area contributed by atoms with E-state index in [9.17, 15) is 4.79 Å². The molecule has 4 heteroatoms. The molecule has 1 aliphatic rings. The number of aliphatic carboxylic acids is 1. The maximum absolute atomic E-state index is 10.6. The van der Waals surface area contributed by atoms with E-state index < -0.39 is 5.97 Å². The Morgan fingerprint density at radius 3 is 3.11 bits per heavy atom. The van der Waals surface area contributed by atoms with Crippen molar-refractivity contribution in [1.29, 1.82) is 0 Å². The minimum atomic E-state index is -0.930. The third-order valence-electron chi connectivity index (χ3n) is 3.47. The van der Waals surface area contributed by atoms with Crippen LogP contribution >= 0.6 is 0 Å². The van der Waals surface area contributed by atoms with Crippen LogP contribution in [-0.2, 0) is 16.0 Å². The number of ether oxygens (including phenoxy) is 1. The van der Waals surface area contributed by atoms with Gasteiger partial charge in [0.1, 0.15) is 6.61 Å². The smallest absolute Gasteiger partial charge is 0.329 e. The molecule has 98 valence electrons. The van der Waals surface area contributed by atoms with Crippen LogP contribution in [0.1, 0.15) is 30.2 Å². The average Bonchev–Trinajstić information content (AvgIpc) is 2.42. The van der Waals surface area contributed by atoms with E-state index in [-0.39, 0.29) is 12.7 Å². The standard InChI is InChI=1S/C15H15NO3/c17-15(18)9-19-14-7-3-6-13-11(14)8-10-4-1-2-5-12(10)16-13/h1-2,4-5,8,14H,3,6-7,9H2,(H,17,18). The molecule has 0 aliphatic heterocycles. The average molecular weight is 257 g/mol. The van der Waals surface area contributed by atoms with Crippen molar-refractivity contribution in [1.82, 2.24) is 4.98 Å². The van der Waals surface area contributed by atoms with Crippen molar-refractivity contribution in [2.45, 2.75) is 25.4 Å². The highest BCUT2D eigenvalue weighted by atomic mass is 16.5. The highest BCUT2D eigenvalue weighted by Gasteiger charge is 2.23. The van der Waals surface area contributed by atoms with E-state index >= 15 is 0 Å². The van der Waals surface area contributed by atoms with Crippen LogP contribution in [-0.4, -0.2) is 22.7 Å². The van der Waals surface area contributed by atoms with E-state index in [1.54, 1.807) is 0 Å². The number of aryl methyl sites for hydroxylation is 1. The number of aromatic nitrogens is 1. The zero-order chi connectivity index (χ0) is 13.2. The molecule has 1 aliphatic carbocycles. The van der Waals surface area contributed by atoms with Crippen LogP contribution in [0.5, 0.6) is 0 Å². The first-order chi connectivity index (χ1) is 9.24. The summed E-state index contributed by atoms with van der Waals surface area (Å²) in [5.41, 5.74) is 3.08. The summed E-state index contributed by atoms with van der Waals surface area (Å²) in [5, 5.41) is 9.80. The molecule has 1 atom stereocenters. The molecule has 0 spiro atoms. The van der Waals surface area contributed by atoms with Crippen molar-refractivity contribution >= 4 is 16.9 Å². The lowest BCUT2D eigenvalue weighted by Gasteiger charge is -2.24. The van der Waals surface area contributed by atoms with Crippen molar-refractivity contribution in [3.63, 3.8) is 0 Å². The van der Waals surface area contributed by atoms with Gasteiger partial charge in [0.15, 0.2) is 0 Å². The Kier molecular flexibility index (Phi) is 3.17. The number of hydrogen-bond donors (Lipinski definition) is 1. The molecule has 4 nitrogen and oxygen atoms in total. The van der Waals surface area contributed by atoms with E-state index in [2.05, 4.69) is 11.1 Å². The number of fused-ring (bicyclic) bond motifs is 2. The lowest BCUT2D eigenvalue weighted by atomic mass is 9.92. The topological polar surface area (TPSA) is 59.4 Å². The van der Waals surface area contributed by atoms with Gasteiger partial charge in [-0.05, 0) is 31.4 Å². The Labute approximate surface area is 111 Å². The van der Waals surface area contributed by atoms with E-state index in [1.165, 1.54) is 0 Å². The molecule has 0 fully saturated rings. The van der Waals surface area contributed by atoms with Gasteiger partial charge in [-0.3, -0.25) is 4.98 Å². The van der Waals surface area contributed by atoms with Crippen LogP contribution in [0.3, 0.4) is 0 Å². The molecule has 1 aromatic heterocycles. The molecule has 1 N–H and O–H groups in total. The number of benzene rings is 1. The minimum Gasteiger partial charge on any atom is -0.480 e. The summed E-state index contributed by atoms with van der Waals surface area (Å²) < 4.78 is 5.48. The van der Waals surface area contributed by atoms with Gasteiger partial charge in [-0.2, -0.15) is 0 Å². The number of rotatable bonds is 3. The van der Waals surface area contributed by atoms with Crippen LogP contribution in [0.25, 0.3) is 10.9 Å². The van der Waals surface area contributed by atoms with Crippen molar-refractivity contribution in [3.05, 3.63) is 41.6 Å². The van der Waals surface area contributed by atoms with E-state index in [4.69, 9.17) is 9.84 Å². The second-order valence-electron chi connectivity index (χ2n) is 4.80. The maximum Gasteiger partial charge on any atom is 0.329 e. The Hall–Kier alpha value is -1.94. The second kappa shape index (κ2) is 4.97. The first kappa shape index (κ1) is 12.1.